The number of hydrogen-bond acceptors (Lipinski definition) is 7. The molecule has 1 amide bonds. The number of ether oxygens (including phenoxy) is 5. The first-order valence-corrected chi connectivity index (χ1v) is 11.4. The number of nitrogens with zero attached hydrogens (tertiary/aromatic N) is 2. The maximum Gasteiger partial charge on any atom is 0.274 e. The van der Waals surface area contributed by atoms with Gasteiger partial charge in [0.05, 0.1) is 47.3 Å². The Morgan fingerprint density at radius 1 is 0.806 bits per heavy atom. The molecule has 0 radical (unpaired) electrons. The quantitative estimate of drug-likeness (QED) is 0.441. The molecule has 0 saturated carbocycles. The Kier molecular flexibility index (Phi) is 7.33. The molecule has 188 valence electrons. The minimum Gasteiger partial charge on any atom is -0.497 e. The van der Waals surface area contributed by atoms with E-state index in [1.54, 1.807) is 26.4 Å². The summed E-state index contributed by atoms with van der Waals surface area (Å²) >= 11 is 0. The fraction of sp³-hybridized carbons (Fsp3) is 0.286. The second kappa shape index (κ2) is 10.6. The Labute approximate surface area is 211 Å². The van der Waals surface area contributed by atoms with E-state index < -0.39 is 0 Å². The van der Waals surface area contributed by atoms with E-state index in [-0.39, 0.29) is 11.9 Å². The molecule has 0 spiro atoms. The molecule has 0 aliphatic carbocycles. The van der Waals surface area contributed by atoms with E-state index in [1.807, 2.05) is 49.4 Å². The summed E-state index contributed by atoms with van der Waals surface area (Å²) in [6.07, 6.45) is 0.516. The zero-order valence-electron chi connectivity index (χ0n) is 21.3. The first-order valence-electron chi connectivity index (χ1n) is 11.4. The van der Waals surface area contributed by atoms with Gasteiger partial charge >= 0.3 is 0 Å². The Bertz CT molecular complexity index is 1260. The molecule has 8 heteroatoms. The highest BCUT2D eigenvalue weighted by atomic mass is 16.5. The highest BCUT2D eigenvalue weighted by Crippen LogP contribution is 2.41. The van der Waals surface area contributed by atoms with Crippen molar-refractivity contribution in [1.29, 1.82) is 0 Å². The maximum atomic E-state index is 13.9. The molecular formula is C28H30N2O6. The van der Waals surface area contributed by atoms with Gasteiger partial charge in [-0.3, -0.25) is 4.79 Å². The van der Waals surface area contributed by atoms with E-state index in [4.69, 9.17) is 28.8 Å². The summed E-state index contributed by atoms with van der Waals surface area (Å²) in [5.41, 5.74) is 4.02. The van der Waals surface area contributed by atoms with E-state index in [0.29, 0.717) is 40.7 Å². The van der Waals surface area contributed by atoms with Gasteiger partial charge in [-0.25, -0.2) is 5.01 Å². The fourth-order valence-electron chi connectivity index (χ4n) is 4.28. The van der Waals surface area contributed by atoms with Gasteiger partial charge in [-0.2, -0.15) is 5.10 Å². The Morgan fingerprint density at radius 3 is 2.00 bits per heavy atom. The minimum absolute atomic E-state index is 0.290. The van der Waals surface area contributed by atoms with Gasteiger partial charge in [-0.1, -0.05) is 29.8 Å². The third-order valence-corrected chi connectivity index (χ3v) is 6.21. The van der Waals surface area contributed by atoms with Crippen LogP contribution in [0.2, 0.25) is 0 Å². The number of hydrogen-bond donors (Lipinski definition) is 0. The van der Waals surface area contributed by atoms with Crippen molar-refractivity contribution in [3.63, 3.8) is 0 Å². The van der Waals surface area contributed by atoms with Crippen LogP contribution in [0.3, 0.4) is 0 Å². The summed E-state index contributed by atoms with van der Waals surface area (Å²) in [5.74, 6) is 2.22. The molecule has 0 N–H and O–H groups in total. The van der Waals surface area contributed by atoms with Gasteiger partial charge in [-0.15, -0.1) is 0 Å². The molecule has 1 heterocycles. The molecule has 8 nitrogen and oxygen atoms in total. The molecule has 3 aromatic rings. The van der Waals surface area contributed by atoms with E-state index in [0.717, 1.165) is 22.4 Å². The summed E-state index contributed by atoms with van der Waals surface area (Å²) in [5, 5.41) is 6.32. The van der Waals surface area contributed by atoms with Crippen LogP contribution in [-0.4, -0.2) is 52.2 Å². The normalized spacial score (nSPS) is 14.8. The number of aryl methyl sites for hydroxylation is 1. The molecule has 0 unspecified atom stereocenters. The van der Waals surface area contributed by atoms with Crippen LogP contribution >= 0.6 is 0 Å². The first kappa shape index (κ1) is 24.9. The van der Waals surface area contributed by atoms with Crippen molar-refractivity contribution in [3.05, 3.63) is 76.9 Å². The Morgan fingerprint density at radius 2 is 1.44 bits per heavy atom. The van der Waals surface area contributed by atoms with E-state index in [9.17, 15) is 4.79 Å². The lowest BCUT2D eigenvalue weighted by molar-refractivity contribution is 0.0710. The summed E-state index contributed by atoms with van der Waals surface area (Å²) in [7, 11) is 7.76. The molecule has 0 aromatic heterocycles. The molecular weight excluding hydrogens is 460 g/mol. The number of hydrazone groups is 1. The Hall–Kier alpha value is -4.20. The van der Waals surface area contributed by atoms with Crippen molar-refractivity contribution in [1.82, 2.24) is 5.01 Å². The van der Waals surface area contributed by atoms with Crippen molar-refractivity contribution in [3.8, 4) is 28.7 Å². The second-order valence-electron chi connectivity index (χ2n) is 8.31. The number of rotatable bonds is 8. The zero-order chi connectivity index (χ0) is 25.8. The van der Waals surface area contributed by atoms with Crippen LogP contribution in [0.1, 0.15) is 39.5 Å². The van der Waals surface area contributed by atoms with Crippen LogP contribution in [0, 0.1) is 6.92 Å². The van der Waals surface area contributed by atoms with E-state index >= 15 is 0 Å². The summed E-state index contributed by atoms with van der Waals surface area (Å²) in [6, 6.07) is 16.6. The molecule has 1 aliphatic heterocycles. The van der Waals surface area contributed by atoms with Crippen LogP contribution < -0.4 is 23.7 Å². The van der Waals surface area contributed by atoms with Crippen molar-refractivity contribution in [2.75, 3.05) is 35.5 Å². The summed E-state index contributed by atoms with van der Waals surface area (Å²) < 4.78 is 27.3. The first-order chi connectivity index (χ1) is 17.4. The smallest absolute Gasteiger partial charge is 0.274 e. The molecule has 0 saturated heterocycles. The molecule has 0 bridgehead atoms. The summed E-state index contributed by atoms with van der Waals surface area (Å²) in [6.45, 7) is 2.03. The predicted octanol–water partition coefficient (Wildman–Crippen LogP) is 5.03. The molecule has 36 heavy (non-hydrogen) atoms. The fourth-order valence-corrected chi connectivity index (χ4v) is 4.28. The number of amides is 1. The lowest BCUT2D eigenvalue weighted by Gasteiger charge is -2.23. The van der Waals surface area contributed by atoms with Crippen LogP contribution in [0.25, 0.3) is 0 Å². The van der Waals surface area contributed by atoms with E-state index in [2.05, 4.69) is 0 Å². The van der Waals surface area contributed by atoms with Gasteiger partial charge in [0.1, 0.15) is 11.5 Å². The van der Waals surface area contributed by atoms with Gasteiger partial charge < -0.3 is 23.7 Å². The van der Waals surface area contributed by atoms with Gasteiger partial charge in [-0.05, 0) is 36.8 Å². The predicted molar refractivity (Wildman–Crippen MR) is 137 cm³/mol. The lowest BCUT2D eigenvalue weighted by Crippen LogP contribution is -2.27. The summed E-state index contributed by atoms with van der Waals surface area (Å²) in [4.78, 5) is 13.9. The molecule has 3 aromatic carbocycles. The third kappa shape index (κ3) is 4.66. The van der Waals surface area contributed by atoms with Crippen molar-refractivity contribution in [2.45, 2.75) is 19.4 Å². The molecule has 4 rings (SSSR count). The Balaban J connectivity index is 1.81. The van der Waals surface area contributed by atoms with Crippen LogP contribution in [0.15, 0.2) is 59.7 Å². The van der Waals surface area contributed by atoms with Gasteiger partial charge in [0.2, 0.25) is 5.75 Å². The highest BCUT2D eigenvalue weighted by molar-refractivity contribution is 6.07. The minimum atomic E-state index is -0.306. The molecule has 0 fully saturated rings. The lowest BCUT2D eigenvalue weighted by atomic mass is 9.97. The average Bonchev–Trinajstić information content (AvgIpc) is 3.36. The monoisotopic (exact) mass is 490 g/mol. The maximum absolute atomic E-state index is 13.9. The number of methoxy groups -OCH3 is 5. The molecule has 1 aliphatic rings. The van der Waals surface area contributed by atoms with Crippen molar-refractivity contribution < 1.29 is 28.5 Å². The van der Waals surface area contributed by atoms with E-state index in [1.165, 1.54) is 26.3 Å². The van der Waals surface area contributed by atoms with Crippen LogP contribution in [-0.2, 0) is 0 Å². The highest BCUT2D eigenvalue weighted by Gasteiger charge is 2.35. The molecule has 1 atom stereocenters. The number of carbonyl (C=O) groups is 1. The van der Waals surface area contributed by atoms with Crippen molar-refractivity contribution in [2.24, 2.45) is 5.10 Å². The zero-order valence-corrected chi connectivity index (χ0v) is 21.3. The third-order valence-electron chi connectivity index (χ3n) is 6.21. The average molecular weight is 491 g/mol. The largest absolute Gasteiger partial charge is 0.497 e. The van der Waals surface area contributed by atoms with Gasteiger partial charge in [0.15, 0.2) is 11.5 Å². The van der Waals surface area contributed by atoms with Crippen LogP contribution in [0.5, 0.6) is 28.7 Å². The van der Waals surface area contributed by atoms with Gasteiger partial charge in [0.25, 0.3) is 5.91 Å². The standard InChI is InChI=1S/C28H30N2O6/c1-17-7-9-18(10-8-17)23-16-22(21-12-11-20(32-2)15-24(21)33-3)29-30(23)28(31)19-13-25(34-4)27(36-6)26(14-19)35-5/h7-15,23H,16H2,1-6H3/t23-/m0/s1. The second-order valence-corrected chi connectivity index (χ2v) is 8.31. The van der Waals surface area contributed by atoms with Gasteiger partial charge in [0, 0.05) is 23.6 Å². The van der Waals surface area contributed by atoms with Crippen LogP contribution in [0.4, 0.5) is 0 Å². The van der Waals surface area contributed by atoms with Crippen molar-refractivity contribution >= 4 is 11.6 Å². The topological polar surface area (TPSA) is 78.8 Å². The SMILES string of the molecule is COc1ccc(C2=NN(C(=O)c3cc(OC)c(OC)c(OC)c3)[C@H](c3ccc(C)cc3)C2)c(OC)c1. The number of benzene rings is 3. The number of carbonyl (C=O) groups excluding carboxylic acids is 1.